The molecule has 0 aromatic heterocycles. The van der Waals surface area contributed by atoms with Gasteiger partial charge in [-0.1, -0.05) is 20.8 Å². The molecule has 1 unspecified atom stereocenters. The fourth-order valence-electron chi connectivity index (χ4n) is 0.519. The van der Waals surface area contributed by atoms with E-state index in [-0.39, 0.29) is 5.92 Å². The molecule has 10 heavy (non-hydrogen) atoms. The second kappa shape index (κ2) is 3.28. The summed E-state index contributed by atoms with van der Waals surface area (Å²) < 4.78 is 24.4. The number of hydrogen-bond acceptors (Lipinski definition) is 1. The topological polar surface area (TPSA) is 26.0 Å². The van der Waals surface area contributed by atoms with Crippen molar-refractivity contribution in [1.82, 2.24) is 0 Å². The molecule has 0 aromatic rings. The van der Waals surface area contributed by atoms with Gasteiger partial charge in [0.2, 0.25) is 6.43 Å². The van der Waals surface area contributed by atoms with Gasteiger partial charge in [-0.05, 0) is 12.5 Å². The average Bonchev–Trinajstić information content (AvgIpc) is 1.86. The van der Waals surface area contributed by atoms with Crippen LogP contribution in [0.5, 0.6) is 0 Å². The van der Waals surface area contributed by atoms with Gasteiger partial charge in [-0.15, -0.1) is 0 Å². The van der Waals surface area contributed by atoms with E-state index in [1.807, 2.05) is 0 Å². The van der Waals surface area contributed by atoms with Crippen molar-refractivity contribution < 1.29 is 8.78 Å². The highest BCUT2D eigenvalue weighted by molar-refractivity contribution is 4.77. The van der Waals surface area contributed by atoms with Crippen LogP contribution in [0.1, 0.15) is 20.8 Å². The van der Waals surface area contributed by atoms with Crippen LogP contribution in [-0.4, -0.2) is 13.0 Å². The SMILES string of the molecule is CC(CN)C(C)(C)C(F)F. The van der Waals surface area contributed by atoms with Crippen LogP contribution in [0.4, 0.5) is 8.78 Å². The van der Waals surface area contributed by atoms with Gasteiger partial charge in [0.1, 0.15) is 0 Å². The third kappa shape index (κ3) is 1.90. The van der Waals surface area contributed by atoms with E-state index in [0.29, 0.717) is 6.54 Å². The molecule has 0 rings (SSSR count). The Kier molecular flexibility index (Phi) is 3.22. The van der Waals surface area contributed by atoms with E-state index < -0.39 is 11.8 Å². The molecule has 0 aliphatic rings. The van der Waals surface area contributed by atoms with Gasteiger partial charge in [0.05, 0.1) is 0 Å². The van der Waals surface area contributed by atoms with Crippen molar-refractivity contribution in [1.29, 1.82) is 0 Å². The number of rotatable bonds is 3. The molecule has 0 radical (unpaired) electrons. The lowest BCUT2D eigenvalue weighted by molar-refractivity contribution is -0.0137. The molecule has 1 atom stereocenters. The molecule has 0 aromatic carbocycles. The van der Waals surface area contributed by atoms with Crippen LogP contribution in [0.3, 0.4) is 0 Å². The minimum Gasteiger partial charge on any atom is -0.330 e. The number of nitrogens with two attached hydrogens (primary N) is 1. The van der Waals surface area contributed by atoms with Crippen LogP contribution < -0.4 is 5.73 Å². The molecule has 0 fully saturated rings. The van der Waals surface area contributed by atoms with Crippen molar-refractivity contribution in [2.24, 2.45) is 17.1 Å². The zero-order chi connectivity index (χ0) is 8.36. The molecule has 3 heteroatoms. The highest BCUT2D eigenvalue weighted by Crippen LogP contribution is 2.32. The third-order valence-corrected chi connectivity index (χ3v) is 2.19. The van der Waals surface area contributed by atoms with Crippen molar-refractivity contribution in [2.75, 3.05) is 6.54 Å². The summed E-state index contributed by atoms with van der Waals surface area (Å²) in [5.74, 6) is -0.132. The maximum atomic E-state index is 12.2. The van der Waals surface area contributed by atoms with Crippen molar-refractivity contribution in [3.05, 3.63) is 0 Å². The van der Waals surface area contributed by atoms with Gasteiger partial charge in [0.15, 0.2) is 0 Å². The Hall–Kier alpha value is -0.180. The minimum absolute atomic E-state index is 0.132. The van der Waals surface area contributed by atoms with Gasteiger partial charge >= 0.3 is 0 Å². The van der Waals surface area contributed by atoms with Crippen molar-refractivity contribution in [3.63, 3.8) is 0 Å². The van der Waals surface area contributed by atoms with Gasteiger partial charge < -0.3 is 5.73 Å². The van der Waals surface area contributed by atoms with Crippen LogP contribution in [0, 0.1) is 11.3 Å². The molecule has 2 N–H and O–H groups in total. The van der Waals surface area contributed by atoms with Crippen molar-refractivity contribution in [3.8, 4) is 0 Å². The summed E-state index contributed by atoms with van der Waals surface area (Å²) in [6, 6.07) is 0. The highest BCUT2D eigenvalue weighted by atomic mass is 19.3. The first-order valence-electron chi connectivity index (χ1n) is 3.41. The summed E-state index contributed by atoms with van der Waals surface area (Å²) in [5, 5.41) is 0. The van der Waals surface area contributed by atoms with Crippen molar-refractivity contribution in [2.45, 2.75) is 27.2 Å². The first kappa shape index (κ1) is 9.82. The zero-order valence-electron chi connectivity index (χ0n) is 6.70. The molecule has 0 heterocycles. The highest BCUT2D eigenvalue weighted by Gasteiger charge is 2.34. The Labute approximate surface area is 60.6 Å². The maximum Gasteiger partial charge on any atom is 0.243 e. The Balaban J connectivity index is 4.09. The molecular formula is C7H15F2N. The molecule has 1 nitrogen and oxygen atoms in total. The quantitative estimate of drug-likeness (QED) is 0.654. The molecule has 0 saturated heterocycles. The smallest absolute Gasteiger partial charge is 0.243 e. The van der Waals surface area contributed by atoms with Crippen LogP contribution >= 0.6 is 0 Å². The van der Waals surface area contributed by atoms with Gasteiger partial charge in [-0.2, -0.15) is 0 Å². The monoisotopic (exact) mass is 151 g/mol. The second-order valence-corrected chi connectivity index (χ2v) is 3.26. The number of alkyl halides is 2. The largest absolute Gasteiger partial charge is 0.330 e. The molecule has 0 bridgehead atoms. The predicted molar refractivity (Wildman–Crippen MR) is 38.0 cm³/mol. The fourth-order valence-corrected chi connectivity index (χ4v) is 0.519. The summed E-state index contributed by atoms with van der Waals surface area (Å²) in [6.07, 6.45) is -2.29. The van der Waals surface area contributed by atoms with Gasteiger partial charge in [-0.3, -0.25) is 0 Å². The van der Waals surface area contributed by atoms with E-state index in [4.69, 9.17) is 5.73 Å². The molecule has 0 aliphatic carbocycles. The minimum atomic E-state index is -2.29. The molecule has 0 amide bonds. The van der Waals surface area contributed by atoms with E-state index >= 15 is 0 Å². The maximum absolute atomic E-state index is 12.2. The van der Waals surface area contributed by atoms with Gasteiger partial charge in [-0.25, -0.2) is 8.78 Å². The van der Waals surface area contributed by atoms with E-state index in [1.165, 1.54) is 13.8 Å². The van der Waals surface area contributed by atoms with Gasteiger partial charge in [0.25, 0.3) is 0 Å². The van der Waals surface area contributed by atoms with Gasteiger partial charge in [0, 0.05) is 5.41 Å². The third-order valence-electron chi connectivity index (χ3n) is 2.19. The van der Waals surface area contributed by atoms with E-state index in [2.05, 4.69) is 0 Å². The van der Waals surface area contributed by atoms with Crippen molar-refractivity contribution >= 4 is 0 Å². The summed E-state index contributed by atoms with van der Waals surface area (Å²) in [7, 11) is 0. The van der Waals surface area contributed by atoms with E-state index in [9.17, 15) is 8.78 Å². The Morgan fingerprint density at radius 3 is 1.90 bits per heavy atom. The lowest BCUT2D eigenvalue weighted by Crippen LogP contribution is -2.34. The van der Waals surface area contributed by atoms with Crippen LogP contribution in [0.2, 0.25) is 0 Å². The standard InChI is InChI=1S/C7H15F2N/c1-5(4-10)7(2,3)6(8)9/h5-6H,4,10H2,1-3H3. The Bertz CT molecular complexity index is 102. The van der Waals surface area contributed by atoms with E-state index in [1.54, 1.807) is 6.92 Å². The lowest BCUT2D eigenvalue weighted by atomic mass is 9.80. The van der Waals surface area contributed by atoms with Crippen LogP contribution in [-0.2, 0) is 0 Å². The molecule has 62 valence electrons. The zero-order valence-corrected chi connectivity index (χ0v) is 6.70. The van der Waals surface area contributed by atoms with Crippen LogP contribution in [0.25, 0.3) is 0 Å². The summed E-state index contributed by atoms with van der Waals surface area (Å²) in [4.78, 5) is 0. The average molecular weight is 151 g/mol. The van der Waals surface area contributed by atoms with E-state index in [0.717, 1.165) is 0 Å². The fraction of sp³-hybridized carbons (Fsp3) is 1.00. The molecule has 0 aliphatic heterocycles. The Morgan fingerprint density at radius 1 is 1.40 bits per heavy atom. The normalized spacial score (nSPS) is 15.9. The van der Waals surface area contributed by atoms with Crippen LogP contribution in [0.15, 0.2) is 0 Å². The molecular weight excluding hydrogens is 136 g/mol. The summed E-state index contributed by atoms with van der Waals surface area (Å²) >= 11 is 0. The predicted octanol–water partition coefficient (Wildman–Crippen LogP) is 1.87. The summed E-state index contributed by atoms with van der Waals surface area (Å²) in [5.41, 5.74) is 4.31. The molecule has 0 saturated carbocycles. The molecule has 0 spiro atoms. The Morgan fingerprint density at radius 2 is 1.80 bits per heavy atom. The summed E-state index contributed by atoms with van der Waals surface area (Å²) in [6.45, 7) is 5.13. The second-order valence-electron chi connectivity index (χ2n) is 3.26. The number of halogens is 2. The first-order chi connectivity index (χ1) is 4.42. The number of hydrogen-bond donors (Lipinski definition) is 1. The first-order valence-corrected chi connectivity index (χ1v) is 3.41. The lowest BCUT2D eigenvalue weighted by Gasteiger charge is -2.29.